The summed E-state index contributed by atoms with van der Waals surface area (Å²) in [6, 6.07) is 13.4. The van der Waals surface area contributed by atoms with E-state index in [9.17, 15) is 43.2 Å². The molecule has 384 valence electrons. The van der Waals surface area contributed by atoms with Gasteiger partial charge in [-0.15, -0.1) is 8.42 Å². The molecule has 5 aliphatic heterocycles. The molecule has 0 radical (unpaired) electrons. The minimum absolute atomic E-state index is 0.0865. The van der Waals surface area contributed by atoms with Crippen molar-refractivity contribution in [3.05, 3.63) is 113 Å². The number of benzene rings is 4. The Morgan fingerprint density at radius 1 is 0.726 bits per heavy atom. The van der Waals surface area contributed by atoms with E-state index in [0.29, 0.717) is 59.6 Å². The molecule has 0 aliphatic carbocycles. The van der Waals surface area contributed by atoms with Gasteiger partial charge in [0, 0.05) is 50.3 Å². The molecule has 73 heavy (non-hydrogen) atoms. The zero-order valence-corrected chi connectivity index (χ0v) is 40.4. The van der Waals surface area contributed by atoms with E-state index in [1.807, 2.05) is 0 Å². The van der Waals surface area contributed by atoms with Crippen LogP contribution < -0.4 is 37.4 Å². The van der Waals surface area contributed by atoms with Gasteiger partial charge in [-0.3, -0.25) is 24.4 Å². The number of ether oxygens (including phenoxy) is 6. The molecule has 0 bridgehead atoms. The predicted octanol–water partition coefficient (Wildman–Crippen LogP) is 3.08. The Morgan fingerprint density at radius 2 is 1.27 bits per heavy atom. The molecule has 0 saturated carbocycles. The fourth-order valence-electron chi connectivity index (χ4n) is 8.97. The minimum Gasteiger partial charge on any atom is -0.493 e. The fourth-order valence-corrected chi connectivity index (χ4v) is 9.68. The number of hydrogen-bond acceptors (Lipinski definition) is 19. The van der Waals surface area contributed by atoms with Gasteiger partial charge in [-0.25, -0.2) is 0 Å². The van der Waals surface area contributed by atoms with E-state index in [0.717, 1.165) is 23.3 Å². The van der Waals surface area contributed by atoms with E-state index in [2.05, 4.69) is 28.5 Å². The maximum Gasteiger partial charge on any atom is 0.501 e. The Kier molecular flexibility index (Phi) is 14.2. The highest BCUT2D eigenvalue weighted by atomic mass is 32.3. The Bertz CT molecular complexity index is 2940. The SMILES string of the molecule is C=C1CC2C=Nc3cc(OCc4cc(COc5cc6c(cc5OC)C(=O)N5CC(=C)C[C@H]5C=N6)cc(OS(=O)(=O)Oc5cc(C(=O)NC)ccc5O[C@@H]5O[C@H](CO)[C@H](O)[C@H](O)[C@H]5O)c4)c(OC)cc3C(=O)N2C1. The summed E-state index contributed by atoms with van der Waals surface area (Å²) >= 11 is 0. The summed E-state index contributed by atoms with van der Waals surface area (Å²) in [5.41, 5.74) is 3.69. The second-order valence-electron chi connectivity index (χ2n) is 17.7. The normalized spacial score (nSPS) is 23.1. The van der Waals surface area contributed by atoms with Gasteiger partial charge in [0.2, 0.25) is 6.29 Å². The number of carbonyl (C=O) groups excluding carboxylic acids is 3. The molecule has 3 amide bonds. The lowest BCUT2D eigenvalue weighted by Gasteiger charge is -2.39. The molecule has 1 unspecified atom stereocenters. The van der Waals surface area contributed by atoms with Crippen molar-refractivity contribution in [1.29, 1.82) is 0 Å². The van der Waals surface area contributed by atoms with Gasteiger partial charge in [0.1, 0.15) is 43.4 Å². The van der Waals surface area contributed by atoms with Crippen LogP contribution in [0.4, 0.5) is 11.4 Å². The minimum atomic E-state index is -5.18. The first-order valence-electron chi connectivity index (χ1n) is 22.8. The summed E-state index contributed by atoms with van der Waals surface area (Å²) in [4.78, 5) is 52.5. The van der Waals surface area contributed by atoms with Crippen molar-refractivity contribution < 1.29 is 80.0 Å². The zero-order valence-electron chi connectivity index (χ0n) is 39.6. The molecule has 3 fully saturated rings. The van der Waals surface area contributed by atoms with Crippen LogP contribution in [0.15, 0.2) is 95.0 Å². The van der Waals surface area contributed by atoms with Crippen molar-refractivity contribution in [2.75, 3.05) is 41.0 Å². The molecule has 5 N–H and O–H groups in total. The zero-order chi connectivity index (χ0) is 51.9. The van der Waals surface area contributed by atoms with E-state index in [1.165, 1.54) is 51.6 Å². The molecule has 23 heteroatoms. The van der Waals surface area contributed by atoms with Gasteiger partial charge in [0.05, 0.1) is 55.4 Å². The van der Waals surface area contributed by atoms with Crippen molar-refractivity contribution in [2.45, 2.75) is 68.8 Å². The van der Waals surface area contributed by atoms with Crippen molar-refractivity contribution >= 4 is 51.9 Å². The van der Waals surface area contributed by atoms with E-state index in [4.69, 9.17) is 36.8 Å². The third-order valence-corrected chi connectivity index (χ3v) is 13.4. The van der Waals surface area contributed by atoms with Crippen LogP contribution in [0.5, 0.6) is 40.2 Å². The lowest BCUT2D eigenvalue weighted by atomic mass is 9.99. The highest BCUT2D eigenvalue weighted by Crippen LogP contribution is 2.42. The van der Waals surface area contributed by atoms with Gasteiger partial charge in [0.25, 0.3) is 17.7 Å². The third kappa shape index (κ3) is 10.4. The highest BCUT2D eigenvalue weighted by molar-refractivity contribution is 7.82. The number of aliphatic hydroxyl groups is 4. The standard InChI is InChI=1S/C50H51N5O17S/c1-25-8-30-18-52-35-16-40(38(65-4)14-33(35)48(61)54(30)20-25)67-23-27-10-28(24-68-41-17-36-34(15-39(41)66-5)49(62)55-21-26(2)9-31(55)19-53-36)12-32(11-27)71-73(63,64)72-42-13-29(47(60)51-3)6-7-37(42)69-50-46(59)45(58)44(57)43(22-56)70-50/h6-7,10-19,30-31,43-46,50,56-59H,1-2,8-9,20-24H2,3-5H3,(H,51,60)/t30-,31?,43+,44-,45-,46+,50+/m0/s1. The Morgan fingerprint density at radius 3 is 1.78 bits per heavy atom. The number of aliphatic imine (C=N–C) groups is 2. The van der Waals surface area contributed by atoms with Crippen molar-refractivity contribution in [2.24, 2.45) is 9.98 Å². The van der Waals surface area contributed by atoms with Crippen LogP contribution in [0.2, 0.25) is 0 Å². The molecule has 5 heterocycles. The van der Waals surface area contributed by atoms with E-state index >= 15 is 0 Å². The second kappa shape index (κ2) is 20.5. The number of nitrogens with one attached hydrogen (secondary N) is 1. The molecule has 4 aromatic carbocycles. The summed E-state index contributed by atoms with van der Waals surface area (Å²) in [7, 11) is -1.01. The molecular formula is C50H51N5O17S. The van der Waals surface area contributed by atoms with Crippen molar-refractivity contribution in [3.63, 3.8) is 0 Å². The average molecular weight is 1030 g/mol. The molecule has 7 atom stereocenters. The maximum absolute atomic E-state index is 14.0. The van der Waals surface area contributed by atoms with Crippen molar-refractivity contribution in [1.82, 2.24) is 15.1 Å². The molecule has 0 aromatic heterocycles. The Hall–Kier alpha value is -7.54. The Labute approximate surface area is 418 Å². The predicted molar refractivity (Wildman–Crippen MR) is 259 cm³/mol. The van der Waals surface area contributed by atoms with Crippen LogP contribution in [-0.4, -0.2) is 153 Å². The first-order valence-corrected chi connectivity index (χ1v) is 24.1. The van der Waals surface area contributed by atoms with Crippen LogP contribution >= 0.6 is 0 Å². The van der Waals surface area contributed by atoms with Crippen LogP contribution in [0.1, 0.15) is 55.0 Å². The van der Waals surface area contributed by atoms with Gasteiger partial charge in [-0.1, -0.05) is 24.3 Å². The molecule has 3 saturated heterocycles. The summed E-state index contributed by atoms with van der Waals surface area (Å²) in [6.45, 7) is 7.60. The number of carbonyl (C=O) groups is 3. The monoisotopic (exact) mass is 1030 g/mol. The molecule has 22 nitrogen and oxygen atoms in total. The number of rotatable bonds is 16. The van der Waals surface area contributed by atoms with Gasteiger partial charge < -0.3 is 72.3 Å². The van der Waals surface area contributed by atoms with Gasteiger partial charge in [0.15, 0.2) is 34.5 Å². The number of fused-ring (bicyclic) bond motifs is 4. The van der Waals surface area contributed by atoms with Gasteiger partial charge >= 0.3 is 10.4 Å². The summed E-state index contributed by atoms with van der Waals surface area (Å²) in [5, 5.41) is 43.5. The quantitative estimate of drug-likeness (QED) is 0.101. The fraction of sp³-hybridized carbons (Fsp3) is 0.340. The van der Waals surface area contributed by atoms with E-state index in [-0.39, 0.29) is 71.4 Å². The van der Waals surface area contributed by atoms with Crippen LogP contribution in [0.25, 0.3) is 0 Å². The number of methoxy groups -OCH3 is 2. The largest absolute Gasteiger partial charge is 0.501 e. The second-order valence-corrected chi connectivity index (χ2v) is 18.8. The molecule has 9 rings (SSSR count). The lowest BCUT2D eigenvalue weighted by molar-refractivity contribution is -0.277. The van der Waals surface area contributed by atoms with E-state index in [1.54, 1.807) is 40.4 Å². The number of hydrogen-bond donors (Lipinski definition) is 5. The first-order chi connectivity index (χ1) is 35.0. The topological polar surface area (TPSA) is 283 Å². The number of nitrogens with zero attached hydrogens (tertiary/aromatic N) is 4. The summed E-state index contributed by atoms with van der Waals surface area (Å²) in [6.07, 6.45) is -4.04. The van der Waals surface area contributed by atoms with Crippen molar-refractivity contribution in [3.8, 4) is 40.2 Å². The summed E-state index contributed by atoms with van der Waals surface area (Å²) in [5.74, 6) is -1.65. The molecular weight excluding hydrogens is 975 g/mol. The lowest BCUT2D eigenvalue weighted by Crippen LogP contribution is -2.60. The Balaban J connectivity index is 1.02. The number of amides is 3. The van der Waals surface area contributed by atoms with Crippen LogP contribution in [0.3, 0.4) is 0 Å². The van der Waals surface area contributed by atoms with E-state index < -0.39 is 65.1 Å². The molecule has 0 spiro atoms. The summed E-state index contributed by atoms with van der Waals surface area (Å²) < 4.78 is 73.9. The van der Waals surface area contributed by atoms with Gasteiger partial charge in [-0.05, 0) is 72.5 Å². The maximum atomic E-state index is 14.0. The molecule has 4 aromatic rings. The third-order valence-electron chi connectivity index (χ3n) is 12.6. The first kappa shape index (κ1) is 50.4. The smallest absolute Gasteiger partial charge is 0.493 e. The molecule has 5 aliphatic rings. The van der Waals surface area contributed by atoms with Crippen LogP contribution in [0, 0.1) is 0 Å². The van der Waals surface area contributed by atoms with Crippen LogP contribution in [-0.2, 0) is 28.3 Å². The highest BCUT2D eigenvalue weighted by Gasteiger charge is 2.45. The average Bonchev–Trinajstić information content (AvgIpc) is 3.89. The van der Waals surface area contributed by atoms with Gasteiger partial charge in [-0.2, -0.15) is 0 Å². The number of aliphatic hydroxyl groups excluding tert-OH is 4.